The van der Waals surface area contributed by atoms with Crippen LogP contribution in [0.3, 0.4) is 0 Å². The summed E-state index contributed by atoms with van der Waals surface area (Å²) in [6.45, 7) is 0.829. The predicted molar refractivity (Wildman–Crippen MR) is 99.9 cm³/mol. The molecule has 3 heterocycles. The van der Waals surface area contributed by atoms with Crippen LogP contribution in [0.4, 0.5) is 0 Å². The van der Waals surface area contributed by atoms with Crippen LogP contribution in [0.5, 0.6) is 0 Å². The zero-order valence-electron chi connectivity index (χ0n) is 14.7. The molecule has 2 aromatic heterocycles. The van der Waals surface area contributed by atoms with Crippen LogP contribution in [0.2, 0.25) is 0 Å². The monoisotopic (exact) mass is 355 g/mol. The number of rotatable bonds is 3. The molecule has 0 atom stereocenters. The summed E-state index contributed by atoms with van der Waals surface area (Å²) >= 11 is 0. The minimum atomic E-state index is 0.421. The highest BCUT2D eigenvalue weighted by atomic mass is 16.3. The number of nitriles is 2. The Morgan fingerprint density at radius 2 is 1.96 bits per heavy atom. The molecule has 6 nitrogen and oxygen atoms in total. The SMILES string of the molecule is N#C/C(=C\c1ccc(-c2ccccc2C#N)o1)c1nnc2n1CCCCC2. The second kappa shape index (κ2) is 7.31. The molecule has 0 radical (unpaired) electrons. The topological polar surface area (TPSA) is 91.4 Å². The second-order valence-corrected chi connectivity index (χ2v) is 6.43. The van der Waals surface area contributed by atoms with Crippen molar-refractivity contribution in [1.82, 2.24) is 14.8 Å². The van der Waals surface area contributed by atoms with Crippen LogP contribution in [0.1, 0.15) is 42.2 Å². The van der Waals surface area contributed by atoms with Gasteiger partial charge < -0.3 is 8.98 Å². The summed E-state index contributed by atoms with van der Waals surface area (Å²) in [5, 5.41) is 27.4. The Labute approximate surface area is 157 Å². The smallest absolute Gasteiger partial charge is 0.174 e. The van der Waals surface area contributed by atoms with Crippen molar-refractivity contribution in [3.05, 3.63) is 59.4 Å². The van der Waals surface area contributed by atoms with Gasteiger partial charge in [-0.1, -0.05) is 18.6 Å². The first-order valence-electron chi connectivity index (χ1n) is 8.94. The third-order valence-corrected chi connectivity index (χ3v) is 4.70. The van der Waals surface area contributed by atoms with Gasteiger partial charge in [-0.05, 0) is 37.1 Å². The molecule has 0 N–H and O–H groups in total. The van der Waals surface area contributed by atoms with Gasteiger partial charge in [-0.3, -0.25) is 0 Å². The molecule has 0 fully saturated rings. The molecule has 0 aliphatic carbocycles. The van der Waals surface area contributed by atoms with E-state index in [-0.39, 0.29) is 0 Å². The molecule has 1 aliphatic rings. The van der Waals surface area contributed by atoms with Crippen molar-refractivity contribution in [2.45, 2.75) is 32.2 Å². The Balaban J connectivity index is 1.70. The number of aryl methyl sites for hydroxylation is 1. The van der Waals surface area contributed by atoms with Gasteiger partial charge in [0.1, 0.15) is 29.0 Å². The van der Waals surface area contributed by atoms with Crippen LogP contribution in [0.25, 0.3) is 23.0 Å². The fourth-order valence-corrected chi connectivity index (χ4v) is 3.34. The highest BCUT2D eigenvalue weighted by Crippen LogP contribution is 2.28. The summed E-state index contributed by atoms with van der Waals surface area (Å²) in [6.07, 6.45) is 5.90. The molecule has 0 saturated carbocycles. The molecule has 3 aromatic rings. The molecule has 27 heavy (non-hydrogen) atoms. The number of allylic oxidation sites excluding steroid dienone is 1. The second-order valence-electron chi connectivity index (χ2n) is 6.43. The summed E-state index contributed by atoms with van der Waals surface area (Å²) in [6, 6.07) is 15.3. The Morgan fingerprint density at radius 1 is 1.07 bits per heavy atom. The van der Waals surface area contributed by atoms with E-state index in [1.165, 1.54) is 0 Å². The number of hydrogen-bond acceptors (Lipinski definition) is 5. The molecular formula is C21H17N5O. The molecule has 0 unspecified atom stereocenters. The van der Waals surface area contributed by atoms with Crippen LogP contribution in [0.15, 0.2) is 40.8 Å². The lowest BCUT2D eigenvalue weighted by atomic mass is 10.1. The largest absolute Gasteiger partial charge is 0.457 e. The van der Waals surface area contributed by atoms with E-state index in [2.05, 4.69) is 22.3 Å². The van der Waals surface area contributed by atoms with E-state index in [9.17, 15) is 10.5 Å². The van der Waals surface area contributed by atoms with Gasteiger partial charge in [-0.15, -0.1) is 10.2 Å². The minimum absolute atomic E-state index is 0.421. The molecule has 4 rings (SSSR count). The summed E-state index contributed by atoms with van der Waals surface area (Å²) in [7, 11) is 0. The average Bonchev–Trinajstić information content (AvgIpc) is 3.27. The predicted octanol–water partition coefficient (Wildman–Crippen LogP) is 4.20. The first-order chi connectivity index (χ1) is 13.3. The van der Waals surface area contributed by atoms with E-state index < -0.39 is 0 Å². The van der Waals surface area contributed by atoms with E-state index >= 15 is 0 Å². The molecule has 0 bridgehead atoms. The number of benzene rings is 1. The minimum Gasteiger partial charge on any atom is -0.457 e. The number of fused-ring (bicyclic) bond motifs is 1. The Bertz CT molecular complexity index is 1090. The lowest BCUT2D eigenvalue weighted by Gasteiger charge is -2.05. The van der Waals surface area contributed by atoms with Crippen molar-refractivity contribution in [2.24, 2.45) is 0 Å². The Hall–Kier alpha value is -3.64. The molecule has 0 spiro atoms. The van der Waals surface area contributed by atoms with E-state index in [4.69, 9.17) is 4.42 Å². The van der Waals surface area contributed by atoms with Crippen LogP contribution in [-0.2, 0) is 13.0 Å². The quantitative estimate of drug-likeness (QED) is 0.657. The van der Waals surface area contributed by atoms with Gasteiger partial charge in [0.25, 0.3) is 0 Å². The molecule has 132 valence electrons. The fraction of sp³-hybridized carbons (Fsp3) is 0.238. The molecule has 1 aromatic carbocycles. The fourth-order valence-electron chi connectivity index (χ4n) is 3.34. The van der Waals surface area contributed by atoms with Crippen LogP contribution in [0, 0.1) is 22.7 Å². The van der Waals surface area contributed by atoms with Crippen molar-refractivity contribution >= 4 is 11.6 Å². The lowest BCUT2D eigenvalue weighted by molar-refractivity contribution is 0.571. The summed E-state index contributed by atoms with van der Waals surface area (Å²) in [5.74, 6) is 2.66. The highest BCUT2D eigenvalue weighted by Gasteiger charge is 2.18. The van der Waals surface area contributed by atoms with Crippen molar-refractivity contribution < 1.29 is 4.42 Å². The zero-order chi connectivity index (χ0) is 18.6. The van der Waals surface area contributed by atoms with E-state index in [1.54, 1.807) is 24.3 Å². The zero-order valence-corrected chi connectivity index (χ0v) is 14.7. The first kappa shape index (κ1) is 16.8. The van der Waals surface area contributed by atoms with Crippen molar-refractivity contribution in [1.29, 1.82) is 10.5 Å². The van der Waals surface area contributed by atoms with E-state index in [0.29, 0.717) is 28.5 Å². The molecular weight excluding hydrogens is 338 g/mol. The van der Waals surface area contributed by atoms with Gasteiger partial charge in [0.2, 0.25) is 0 Å². The third kappa shape index (κ3) is 3.26. The van der Waals surface area contributed by atoms with Gasteiger partial charge in [-0.25, -0.2) is 0 Å². The van der Waals surface area contributed by atoms with Gasteiger partial charge >= 0.3 is 0 Å². The van der Waals surface area contributed by atoms with Crippen molar-refractivity contribution in [3.8, 4) is 23.5 Å². The lowest BCUT2D eigenvalue weighted by Crippen LogP contribution is -2.05. The molecule has 6 heteroatoms. The first-order valence-corrected chi connectivity index (χ1v) is 8.94. The van der Waals surface area contributed by atoms with Gasteiger partial charge in [0.15, 0.2) is 5.82 Å². The van der Waals surface area contributed by atoms with E-state index in [0.717, 1.165) is 43.6 Å². The Morgan fingerprint density at radius 3 is 2.81 bits per heavy atom. The molecule has 0 saturated heterocycles. The van der Waals surface area contributed by atoms with Gasteiger partial charge in [0, 0.05) is 24.6 Å². The maximum atomic E-state index is 9.65. The van der Waals surface area contributed by atoms with Crippen LogP contribution >= 0.6 is 0 Å². The summed E-state index contributed by atoms with van der Waals surface area (Å²) in [4.78, 5) is 0. The maximum absolute atomic E-state index is 9.65. The normalized spacial score (nSPS) is 14.1. The average molecular weight is 355 g/mol. The Kier molecular flexibility index (Phi) is 4.55. The van der Waals surface area contributed by atoms with Crippen LogP contribution in [-0.4, -0.2) is 14.8 Å². The molecule has 1 aliphatic heterocycles. The molecule has 0 amide bonds. The van der Waals surface area contributed by atoms with Crippen molar-refractivity contribution in [2.75, 3.05) is 0 Å². The van der Waals surface area contributed by atoms with Gasteiger partial charge in [0.05, 0.1) is 11.6 Å². The number of aromatic nitrogens is 3. The van der Waals surface area contributed by atoms with E-state index in [1.807, 2.05) is 22.8 Å². The summed E-state index contributed by atoms with van der Waals surface area (Å²) < 4.78 is 7.91. The number of nitrogens with zero attached hydrogens (tertiary/aromatic N) is 5. The standard InChI is InChI=1S/C21H17N5O/c22-13-15-6-3-4-7-18(15)19-10-9-17(27-19)12-16(14-23)21-25-24-20-8-2-1-5-11-26(20)21/h3-4,6-7,9-10,12H,1-2,5,8,11H2/b16-12+. The van der Waals surface area contributed by atoms with Gasteiger partial charge in [-0.2, -0.15) is 10.5 Å². The maximum Gasteiger partial charge on any atom is 0.174 e. The third-order valence-electron chi connectivity index (χ3n) is 4.70. The number of furan rings is 1. The van der Waals surface area contributed by atoms with Crippen LogP contribution < -0.4 is 0 Å². The van der Waals surface area contributed by atoms with Crippen molar-refractivity contribution in [3.63, 3.8) is 0 Å². The summed E-state index contributed by atoms with van der Waals surface area (Å²) in [5.41, 5.74) is 1.70. The highest BCUT2D eigenvalue weighted by molar-refractivity contribution is 5.86. The number of hydrogen-bond donors (Lipinski definition) is 0.